The topological polar surface area (TPSA) is 58.6 Å². The molecule has 1 fully saturated rings. The van der Waals surface area contributed by atoms with Gasteiger partial charge in [0.2, 0.25) is 11.8 Å². The summed E-state index contributed by atoms with van der Waals surface area (Å²) in [4.78, 5) is 26.3. The summed E-state index contributed by atoms with van der Waals surface area (Å²) in [6.07, 6.45) is 0.0841. The summed E-state index contributed by atoms with van der Waals surface area (Å²) < 4.78 is 19.2. The van der Waals surface area contributed by atoms with Gasteiger partial charge >= 0.3 is 0 Å². The third-order valence-electron chi connectivity index (χ3n) is 4.08. The van der Waals surface area contributed by atoms with Gasteiger partial charge in [-0.15, -0.1) is 0 Å². The zero-order valence-electron chi connectivity index (χ0n) is 13.9. The maximum Gasteiger partial charge on any atom is 0.229 e. The number of hydrogen-bond acceptors (Lipinski definition) is 3. The van der Waals surface area contributed by atoms with Crippen molar-refractivity contribution in [1.82, 2.24) is 0 Å². The van der Waals surface area contributed by atoms with Gasteiger partial charge in [-0.25, -0.2) is 4.39 Å². The van der Waals surface area contributed by atoms with E-state index in [4.69, 9.17) is 4.74 Å². The molecular weight excluding hydrogens is 323 g/mol. The summed E-state index contributed by atoms with van der Waals surface area (Å²) >= 11 is 0. The predicted octanol–water partition coefficient (Wildman–Crippen LogP) is 3.22. The molecule has 2 aromatic rings. The molecule has 0 aliphatic carbocycles. The highest BCUT2D eigenvalue weighted by Gasteiger charge is 2.36. The first kappa shape index (κ1) is 17.0. The van der Waals surface area contributed by atoms with Gasteiger partial charge in [0, 0.05) is 13.0 Å². The van der Waals surface area contributed by atoms with E-state index in [1.807, 2.05) is 19.1 Å². The first-order chi connectivity index (χ1) is 12.1. The van der Waals surface area contributed by atoms with E-state index in [0.717, 1.165) is 0 Å². The first-order valence-electron chi connectivity index (χ1n) is 8.17. The molecule has 1 saturated heterocycles. The van der Waals surface area contributed by atoms with Crippen molar-refractivity contribution in [2.75, 3.05) is 23.4 Å². The fourth-order valence-corrected chi connectivity index (χ4v) is 2.87. The summed E-state index contributed by atoms with van der Waals surface area (Å²) in [6, 6.07) is 13.2. The lowest BCUT2D eigenvalue weighted by molar-refractivity contribution is -0.122. The van der Waals surface area contributed by atoms with Crippen LogP contribution in [-0.4, -0.2) is 25.0 Å². The van der Waals surface area contributed by atoms with E-state index in [-0.39, 0.29) is 30.5 Å². The van der Waals surface area contributed by atoms with Crippen LogP contribution in [0, 0.1) is 11.7 Å². The van der Waals surface area contributed by atoms with E-state index in [9.17, 15) is 14.0 Å². The van der Waals surface area contributed by atoms with Crippen molar-refractivity contribution < 1.29 is 18.7 Å². The molecule has 0 bridgehead atoms. The molecule has 0 aromatic heterocycles. The summed E-state index contributed by atoms with van der Waals surface area (Å²) in [5.74, 6) is -0.954. The van der Waals surface area contributed by atoms with Crippen LogP contribution in [0.5, 0.6) is 5.75 Å². The molecule has 25 heavy (non-hydrogen) atoms. The standard InChI is InChI=1S/C19H19FN2O3/c1-2-25-17-10-6-5-9-16(17)22-12-13(11-18(22)23)19(24)21-15-8-4-3-7-14(15)20/h3-10,13H,2,11-12H2,1H3,(H,21,24)/t13-/m1/s1. The summed E-state index contributed by atoms with van der Waals surface area (Å²) in [5, 5.41) is 2.56. The van der Waals surface area contributed by atoms with E-state index in [0.29, 0.717) is 18.0 Å². The Morgan fingerprint density at radius 1 is 1.24 bits per heavy atom. The predicted molar refractivity (Wildman–Crippen MR) is 93.1 cm³/mol. The number of halogens is 1. The second kappa shape index (κ2) is 7.34. The van der Waals surface area contributed by atoms with E-state index >= 15 is 0 Å². The quantitative estimate of drug-likeness (QED) is 0.908. The Morgan fingerprint density at radius 2 is 1.96 bits per heavy atom. The van der Waals surface area contributed by atoms with Crippen LogP contribution >= 0.6 is 0 Å². The Balaban J connectivity index is 1.74. The van der Waals surface area contributed by atoms with Gasteiger partial charge in [0.25, 0.3) is 0 Å². The second-order valence-electron chi connectivity index (χ2n) is 5.78. The van der Waals surface area contributed by atoms with E-state index in [1.165, 1.54) is 12.1 Å². The third-order valence-corrected chi connectivity index (χ3v) is 4.08. The molecule has 3 rings (SSSR count). The summed E-state index contributed by atoms with van der Waals surface area (Å²) in [5.41, 5.74) is 0.767. The van der Waals surface area contributed by atoms with Crippen LogP contribution in [0.3, 0.4) is 0 Å². The van der Waals surface area contributed by atoms with Gasteiger partial charge in [-0.3, -0.25) is 9.59 Å². The monoisotopic (exact) mass is 342 g/mol. The fourth-order valence-electron chi connectivity index (χ4n) is 2.87. The molecule has 130 valence electrons. The van der Waals surface area contributed by atoms with Crippen molar-refractivity contribution >= 4 is 23.2 Å². The molecule has 1 aliphatic rings. The molecule has 1 atom stereocenters. The highest BCUT2D eigenvalue weighted by atomic mass is 19.1. The van der Waals surface area contributed by atoms with Crippen molar-refractivity contribution in [1.29, 1.82) is 0 Å². The SMILES string of the molecule is CCOc1ccccc1N1C[C@H](C(=O)Nc2ccccc2F)CC1=O. The number of rotatable bonds is 5. The van der Waals surface area contributed by atoms with Crippen LogP contribution in [0.4, 0.5) is 15.8 Å². The van der Waals surface area contributed by atoms with Gasteiger partial charge in [0.05, 0.1) is 23.9 Å². The molecule has 6 heteroatoms. The lowest BCUT2D eigenvalue weighted by atomic mass is 10.1. The minimum absolute atomic E-state index is 0.0841. The zero-order chi connectivity index (χ0) is 17.8. The van der Waals surface area contributed by atoms with E-state index < -0.39 is 11.7 Å². The molecule has 0 saturated carbocycles. The van der Waals surface area contributed by atoms with Crippen molar-refractivity contribution in [2.45, 2.75) is 13.3 Å². The minimum atomic E-state index is -0.540. The van der Waals surface area contributed by atoms with Crippen LogP contribution in [-0.2, 0) is 9.59 Å². The highest BCUT2D eigenvalue weighted by molar-refractivity contribution is 6.04. The lowest BCUT2D eigenvalue weighted by Crippen LogP contribution is -2.28. The molecule has 0 spiro atoms. The normalized spacial score (nSPS) is 16.8. The van der Waals surface area contributed by atoms with Gasteiger partial charge in [0.1, 0.15) is 11.6 Å². The number of carbonyl (C=O) groups is 2. The van der Waals surface area contributed by atoms with E-state index in [2.05, 4.69) is 5.32 Å². The smallest absolute Gasteiger partial charge is 0.229 e. The maximum absolute atomic E-state index is 13.7. The number of para-hydroxylation sites is 3. The van der Waals surface area contributed by atoms with Gasteiger partial charge in [-0.2, -0.15) is 0 Å². The van der Waals surface area contributed by atoms with Gasteiger partial charge in [-0.05, 0) is 31.2 Å². The first-order valence-corrected chi connectivity index (χ1v) is 8.17. The summed E-state index contributed by atoms with van der Waals surface area (Å²) in [7, 11) is 0. The minimum Gasteiger partial charge on any atom is -0.492 e. The van der Waals surface area contributed by atoms with Crippen molar-refractivity contribution in [3.05, 3.63) is 54.3 Å². The number of nitrogens with one attached hydrogen (secondary N) is 1. The fraction of sp³-hybridized carbons (Fsp3) is 0.263. The highest BCUT2D eigenvalue weighted by Crippen LogP contribution is 2.33. The van der Waals surface area contributed by atoms with Crippen LogP contribution in [0.15, 0.2) is 48.5 Å². The van der Waals surface area contributed by atoms with Crippen LogP contribution in [0.2, 0.25) is 0 Å². The number of hydrogen-bond donors (Lipinski definition) is 1. The summed E-state index contributed by atoms with van der Waals surface area (Å²) in [6.45, 7) is 2.59. The van der Waals surface area contributed by atoms with Crippen LogP contribution in [0.1, 0.15) is 13.3 Å². The number of nitrogens with zero attached hydrogens (tertiary/aromatic N) is 1. The Hall–Kier alpha value is -2.89. The van der Waals surface area contributed by atoms with Crippen molar-refractivity contribution in [2.24, 2.45) is 5.92 Å². The van der Waals surface area contributed by atoms with E-state index in [1.54, 1.807) is 29.2 Å². The van der Waals surface area contributed by atoms with Gasteiger partial charge in [0.15, 0.2) is 0 Å². The van der Waals surface area contributed by atoms with Gasteiger partial charge < -0.3 is 15.0 Å². The number of ether oxygens (including phenoxy) is 1. The molecule has 2 amide bonds. The molecule has 1 N–H and O–H groups in total. The number of carbonyl (C=O) groups excluding carboxylic acids is 2. The Bertz CT molecular complexity index is 794. The maximum atomic E-state index is 13.7. The van der Waals surface area contributed by atoms with Crippen LogP contribution in [0.25, 0.3) is 0 Å². The average Bonchev–Trinajstić information content (AvgIpc) is 2.99. The van der Waals surface area contributed by atoms with Crippen molar-refractivity contribution in [3.63, 3.8) is 0 Å². The Labute approximate surface area is 145 Å². The number of benzene rings is 2. The molecule has 5 nitrogen and oxygen atoms in total. The van der Waals surface area contributed by atoms with Crippen molar-refractivity contribution in [3.8, 4) is 5.75 Å². The zero-order valence-corrected chi connectivity index (χ0v) is 13.9. The molecule has 1 heterocycles. The second-order valence-corrected chi connectivity index (χ2v) is 5.78. The largest absolute Gasteiger partial charge is 0.492 e. The van der Waals surface area contributed by atoms with Crippen LogP contribution < -0.4 is 15.0 Å². The molecular formula is C19H19FN2O3. The average molecular weight is 342 g/mol. The number of amides is 2. The molecule has 0 unspecified atom stereocenters. The molecule has 1 aliphatic heterocycles. The molecule has 0 radical (unpaired) electrons. The lowest BCUT2D eigenvalue weighted by Gasteiger charge is -2.20. The Kier molecular flexibility index (Phi) is 4.97. The Morgan fingerprint density at radius 3 is 2.72 bits per heavy atom. The molecule has 2 aromatic carbocycles. The third kappa shape index (κ3) is 3.63. The van der Waals surface area contributed by atoms with Gasteiger partial charge in [-0.1, -0.05) is 24.3 Å². The number of anilines is 2.